The van der Waals surface area contributed by atoms with Crippen molar-refractivity contribution < 1.29 is 9.18 Å². The summed E-state index contributed by atoms with van der Waals surface area (Å²) < 4.78 is 14.4. The van der Waals surface area contributed by atoms with Gasteiger partial charge in [-0.3, -0.25) is 4.79 Å². The van der Waals surface area contributed by atoms with Crippen molar-refractivity contribution in [1.29, 1.82) is 0 Å². The van der Waals surface area contributed by atoms with E-state index in [1.54, 1.807) is 16.7 Å². The summed E-state index contributed by atoms with van der Waals surface area (Å²) in [6, 6.07) is 0. The zero-order chi connectivity index (χ0) is 16.0. The zero-order valence-electron chi connectivity index (χ0n) is 13.1. The molecule has 3 nitrogen and oxygen atoms in total. The van der Waals surface area contributed by atoms with Crippen LogP contribution in [-0.2, 0) is 6.54 Å². The molecule has 0 N–H and O–H groups in total. The SMILES string of the molecule is C=C/C=C(\C=C(/C)F)Cn1cncc1C=O.CC.CC. The molecule has 0 spiro atoms. The summed E-state index contributed by atoms with van der Waals surface area (Å²) >= 11 is 0. The molecule has 112 valence electrons. The van der Waals surface area contributed by atoms with Crippen molar-refractivity contribution in [3.05, 3.63) is 54.4 Å². The molecule has 20 heavy (non-hydrogen) atoms. The first-order valence-electron chi connectivity index (χ1n) is 6.78. The number of imidazole rings is 1. The number of aldehydes is 1. The van der Waals surface area contributed by atoms with Gasteiger partial charge in [0.15, 0.2) is 6.29 Å². The molecule has 4 heteroatoms. The molecule has 0 radical (unpaired) electrons. The molecule has 1 aromatic heterocycles. The lowest BCUT2D eigenvalue weighted by molar-refractivity contribution is 0.111. The van der Waals surface area contributed by atoms with Crippen LogP contribution < -0.4 is 0 Å². The Balaban J connectivity index is 0. The van der Waals surface area contributed by atoms with Crippen LogP contribution in [0.25, 0.3) is 0 Å². The third-order valence-electron chi connectivity index (χ3n) is 1.93. The van der Waals surface area contributed by atoms with Crippen LogP contribution in [0.3, 0.4) is 0 Å². The second kappa shape index (κ2) is 13.5. The van der Waals surface area contributed by atoms with Crippen LogP contribution >= 0.6 is 0 Å². The maximum absolute atomic E-state index is 12.8. The normalized spacial score (nSPS) is 10.7. The summed E-state index contributed by atoms with van der Waals surface area (Å²) in [5.41, 5.74) is 1.18. The Morgan fingerprint density at radius 3 is 2.45 bits per heavy atom. The first kappa shape index (κ1) is 20.3. The van der Waals surface area contributed by atoms with Gasteiger partial charge in [0.2, 0.25) is 0 Å². The van der Waals surface area contributed by atoms with Crippen LogP contribution in [0.4, 0.5) is 4.39 Å². The number of hydrogen-bond donors (Lipinski definition) is 0. The highest BCUT2D eigenvalue weighted by Gasteiger charge is 2.02. The van der Waals surface area contributed by atoms with Gasteiger partial charge in [-0.1, -0.05) is 46.4 Å². The molecule has 0 saturated heterocycles. The molecule has 1 heterocycles. The second-order valence-corrected chi connectivity index (χ2v) is 3.27. The minimum absolute atomic E-state index is 0.291. The van der Waals surface area contributed by atoms with Gasteiger partial charge in [0, 0.05) is 6.54 Å². The molecular formula is C16H25FN2O. The Morgan fingerprint density at radius 2 is 2.00 bits per heavy atom. The van der Waals surface area contributed by atoms with Crippen LogP contribution in [0, 0.1) is 0 Å². The fourth-order valence-corrected chi connectivity index (χ4v) is 1.31. The van der Waals surface area contributed by atoms with Crippen LogP contribution in [0.1, 0.15) is 45.1 Å². The smallest absolute Gasteiger partial charge is 0.168 e. The summed E-state index contributed by atoms with van der Waals surface area (Å²) in [6.45, 7) is 13.3. The highest BCUT2D eigenvalue weighted by Crippen LogP contribution is 2.08. The van der Waals surface area contributed by atoms with E-state index in [9.17, 15) is 9.18 Å². The third kappa shape index (κ3) is 8.19. The quantitative estimate of drug-likeness (QED) is 0.577. The van der Waals surface area contributed by atoms with E-state index in [1.807, 2.05) is 27.7 Å². The van der Waals surface area contributed by atoms with Crippen molar-refractivity contribution in [3.8, 4) is 0 Å². The molecule has 1 rings (SSSR count). The zero-order valence-corrected chi connectivity index (χ0v) is 13.1. The van der Waals surface area contributed by atoms with Crippen LogP contribution in [0.15, 0.2) is 48.7 Å². The minimum Gasteiger partial charge on any atom is -0.324 e. The lowest BCUT2D eigenvalue weighted by Crippen LogP contribution is -2.02. The lowest BCUT2D eigenvalue weighted by atomic mass is 10.2. The van der Waals surface area contributed by atoms with Gasteiger partial charge in [-0.2, -0.15) is 0 Å². The molecule has 0 atom stereocenters. The Kier molecular flexibility index (Phi) is 13.7. The first-order chi connectivity index (χ1) is 9.67. The molecular weight excluding hydrogens is 255 g/mol. The van der Waals surface area contributed by atoms with Gasteiger partial charge >= 0.3 is 0 Å². The van der Waals surface area contributed by atoms with Crippen molar-refractivity contribution in [2.24, 2.45) is 0 Å². The van der Waals surface area contributed by atoms with E-state index in [4.69, 9.17) is 0 Å². The molecule has 0 amide bonds. The number of nitrogens with zero attached hydrogens (tertiary/aromatic N) is 2. The number of hydrogen-bond acceptors (Lipinski definition) is 2. The standard InChI is InChI=1S/C12H13FN2O.2C2H6/c1-3-4-11(5-10(2)13)7-15-9-14-6-12(15)8-16;2*1-2/h3-6,8-9H,1,7H2,2H3;2*1-2H3/b10-5+,11-4+;;. The van der Waals surface area contributed by atoms with Gasteiger partial charge in [-0.15, -0.1) is 0 Å². The molecule has 0 bridgehead atoms. The van der Waals surface area contributed by atoms with E-state index in [0.29, 0.717) is 18.5 Å². The molecule has 0 fully saturated rings. The van der Waals surface area contributed by atoms with E-state index in [0.717, 1.165) is 5.57 Å². The van der Waals surface area contributed by atoms with Crippen molar-refractivity contribution in [3.63, 3.8) is 0 Å². The Bertz CT molecular complexity index is 441. The van der Waals surface area contributed by atoms with Gasteiger partial charge in [-0.25, -0.2) is 9.37 Å². The second-order valence-electron chi connectivity index (χ2n) is 3.27. The number of carbonyl (C=O) groups is 1. The average Bonchev–Trinajstić information content (AvgIpc) is 2.90. The summed E-state index contributed by atoms with van der Waals surface area (Å²) in [4.78, 5) is 14.5. The lowest BCUT2D eigenvalue weighted by Gasteiger charge is -2.05. The Hall–Kier alpha value is -1.97. The predicted octanol–water partition coefficient (Wildman–Crippen LogP) is 4.73. The van der Waals surface area contributed by atoms with Crippen molar-refractivity contribution in [1.82, 2.24) is 9.55 Å². The third-order valence-corrected chi connectivity index (χ3v) is 1.93. The molecule has 0 aromatic carbocycles. The average molecular weight is 280 g/mol. The number of rotatable bonds is 5. The monoisotopic (exact) mass is 280 g/mol. The molecule has 0 aliphatic heterocycles. The molecule has 0 saturated carbocycles. The van der Waals surface area contributed by atoms with E-state index in [-0.39, 0.29) is 5.83 Å². The molecule has 0 aliphatic carbocycles. The van der Waals surface area contributed by atoms with E-state index < -0.39 is 0 Å². The summed E-state index contributed by atoms with van der Waals surface area (Å²) in [5.74, 6) is -0.291. The number of halogens is 1. The summed E-state index contributed by atoms with van der Waals surface area (Å²) in [5, 5.41) is 0. The van der Waals surface area contributed by atoms with Gasteiger partial charge in [0.25, 0.3) is 0 Å². The number of carbonyl (C=O) groups excluding carboxylic acids is 1. The molecule has 0 aliphatic rings. The first-order valence-corrected chi connectivity index (χ1v) is 6.78. The Labute approximate surface area is 121 Å². The van der Waals surface area contributed by atoms with Gasteiger partial charge in [0.1, 0.15) is 5.69 Å². The van der Waals surface area contributed by atoms with Crippen molar-refractivity contribution >= 4 is 6.29 Å². The van der Waals surface area contributed by atoms with Gasteiger partial charge in [-0.05, 0) is 18.6 Å². The van der Waals surface area contributed by atoms with Crippen LogP contribution in [-0.4, -0.2) is 15.8 Å². The molecule has 1 aromatic rings. The van der Waals surface area contributed by atoms with E-state index >= 15 is 0 Å². The Morgan fingerprint density at radius 1 is 1.40 bits per heavy atom. The van der Waals surface area contributed by atoms with Crippen molar-refractivity contribution in [2.75, 3.05) is 0 Å². The topological polar surface area (TPSA) is 34.9 Å². The fraction of sp³-hybridized carbons (Fsp3) is 0.375. The van der Waals surface area contributed by atoms with Gasteiger partial charge in [0.05, 0.1) is 18.4 Å². The number of aromatic nitrogens is 2. The fourth-order valence-electron chi connectivity index (χ4n) is 1.31. The van der Waals surface area contributed by atoms with E-state index in [1.165, 1.54) is 25.5 Å². The van der Waals surface area contributed by atoms with E-state index in [2.05, 4.69) is 11.6 Å². The summed E-state index contributed by atoms with van der Waals surface area (Å²) in [7, 11) is 0. The van der Waals surface area contributed by atoms with Crippen molar-refractivity contribution in [2.45, 2.75) is 41.2 Å². The molecule has 0 unspecified atom stereocenters. The predicted molar refractivity (Wildman–Crippen MR) is 83.5 cm³/mol. The maximum Gasteiger partial charge on any atom is 0.168 e. The highest BCUT2D eigenvalue weighted by atomic mass is 19.1. The largest absolute Gasteiger partial charge is 0.324 e. The minimum atomic E-state index is -0.291. The summed E-state index contributed by atoms with van der Waals surface area (Å²) in [6.07, 6.45) is 8.37. The maximum atomic E-state index is 12.8. The van der Waals surface area contributed by atoms with Crippen LogP contribution in [0.5, 0.6) is 0 Å². The van der Waals surface area contributed by atoms with Crippen LogP contribution in [0.2, 0.25) is 0 Å². The highest BCUT2D eigenvalue weighted by molar-refractivity contribution is 5.71. The van der Waals surface area contributed by atoms with Gasteiger partial charge < -0.3 is 4.57 Å². The number of allylic oxidation sites excluding steroid dienone is 5.